The first-order valence-electron chi connectivity index (χ1n) is 8.24. The molecule has 2 nitrogen and oxygen atoms in total. The second-order valence-corrected chi connectivity index (χ2v) is 7.67. The van der Waals surface area contributed by atoms with E-state index in [0.717, 1.165) is 25.9 Å². The van der Waals surface area contributed by atoms with Crippen molar-refractivity contribution >= 4 is 0 Å². The summed E-state index contributed by atoms with van der Waals surface area (Å²) >= 11 is 0. The van der Waals surface area contributed by atoms with Crippen LogP contribution in [0.2, 0.25) is 0 Å². The van der Waals surface area contributed by atoms with Crippen LogP contribution >= 0.6 is 0 Å². The fourth-order valence-electron chi connectivity index (χ4n) is 4.75. The predicted molar refractivity (Wildman–Crippen MR) is 75.0 cm³/mol. The van der Waals surface area contributed by atoms with Crippen LogP contribution in [-0.4, -0.2) is 31.0 Å². The number of alkyl halides is 3. The van der Waals surface area contributed by atoms with E-state index in [-0.39, 0.29) is 24.0 Å². The maximum absolute atomic E-state index is 12.9. The van der Waals surface area contributed by atoms with Gasteiger partial charge in [-0.2, -0.15) is 13.2 Å². The molecule has 0 radical (unpaired) electrons. The monoisotopic (exact) mass is 305 g/mol. The smallest absolute Gasteiger partial charge is 0.377 e. The summed E-state index contributed by atoms with van der Waals surface area (Å²) in [5.74, 6) is -0.634. The molecule has 2 saturated carbocycles. The first-order chi connectivity index (χ1) is 9.80. The summed E-state index contributed by atoms with van der Waals surface area (Å²) in [6.07, 6.45) is 0.556. The fraction of sp³-hybridized carbons (Fsp3) is 1.00. The van der Waals surface area contributed by atoms with Crippen LogP contribution in [0.1, 0.15) is 52.4 Å². The highest BCUT2D eigenvalue weighted by molar-refractivity contribution is 5.11. The molecular weight excluding hydrogens is 279 g/mol. The molecule has 0 amide bonds. The van der Waals surface area contributed by atoms with E-state index in [1.807, 2.05) is 0 Å². The van der Waals surface area contributed by atoms with Gasteiger partial charge in [-0.3, -0.25) is 0 Å². The molecule has 5 unspecified atom stereocenters. The van der Waals surface area contributed by atoms with Crippen LogP contribution in [0.4, 0.5) is 13.2 Å². The molecule has 1 saturated heterocycles. The van der Waals surface area contributed by atoms with E-state index in [1.54, 1.807) is 0 Å². The summed E-state index contributed by atoms with van der Waals surface area (Å²) in [7, 11) is 0. The van der Waals surface area contributed by atoms with Crippen LogP contribution in [0.5, 0.6) is 0 Å². The number of ether oxygens (including phenoxy) is 1. The van der Waals surface area contributed by atoms with Gasteiger partial charge in [0, 0.05) is 30.0 Å². The van der Waals surface area contributed by atoms with Crippen LogP contribution in [0.15, 0.2) is 0 Å². The Bertz CT molecular complexity index is 382. The van der Waals surface area contributed by atoms with E-state index in [0.29, 0.717) is 24.8 Å². The Labute approximate surface area is 124 Å². The molecule has 0 spiro atoms. The molecule has 5 heteroatoms. The van der Waals surface area contributed by atoms with Crippen molar-refractivity contribution in [3.63, 3.8) is 0 Å². The quantitative estimate of drug-likeness (QED) is 0.835. The minimum Gasteiger partial charge on any atom is -0.377 e. The Morgan fingerprint density at radius 1 is 1.10 bits per heavy atom. The van der Waals surface area contributed by atoms with E-state index in [2.05, 4.69) is 19.2 Å². The molecule has 1 N–H and O–H groups in total. The van der Waals surface area contributed by atoms with Crippen molar-refractivity contribution < 1.29 is 17.9 Å². The van der Waals surface area contributed by atoms with Gasteiger partial charge in [0.1, 0.15) is 0 Å². The highest BCUT2D eigenvalue weighted by Crippen LogP contribution is 2.52. The summed E-state index contributed by atoms with van der Waals surface area (Å²) in [4.78, 5) is 0. The summed E-state index contributed by atoms with van der Waals surface area (Å²) in [5, 5.41) is 3.57. The Kier molecular flexibility index (Phi) is 4.02. The molecule has 3 aliphatic rings. The number of halogens is 3. The van der Waals surface area contributed by atoms with Gasteiger partial charge in [-0.15, -0.1) is 0 Å². The standard InChI is InChI=1S/C16H26F3NO/c1-15(2)13(12-7-4-8-21-14(12)15)20-11-6-3-5-10(9-11)16(17,18)19/h10-14,20H,3-9H2,1-2H3. The first-order valence-corrected chi connectivity index (χ1v) is 8.24. The lowest BCUT2D eigenvalue weighted by molar-refractivity contribution is -0.201. The molecule has 0 aromatic rings. The van der Waals surface area contributed by atoms with Crippen molar-refractivity contribution in [3.05, 3.63) is 0 Å². The third-order valence-electron chi connectivity index (χ3n) is 5.88. The molecule has 0 bridgehead atoms. The van der Waals surface area contributed by atoms with Gasteiger partial charge in [0.15, 0.2) is 0 Å². The van der Waals surface area contributed by atoms with Gasteiger partial charge in [-0.1, -0.05) is 20.3 Å². The molecule has 3 fully saturated rings. The zero-order chi connectivity index (χ0) is 15.3. The second-order valence-electron chi connectivity index (χ2n) is 7.67. The molecule has 21 heavy (non-hydrogen) atoms. The van der Waals surface area contributed by atoms with Crippen molar-refractivity contribution in [2.75, 3.05) is 6.61 Å². The van der Waals surface area contributed by atoms with Crippen molar-refractivity contribution in [2.45, 2.75) is 76.7 Å². The zero-order valence-electron chi connectivity index (χ0n) is 12.9. The van der Waals surface area contributed by atoms with Crippen LogP contribution < -0.4 is 5.32 Å². The predicted octanol–water partition coefficient (Wildman–Crippen LogP) is 3.90. The van der Waals surface area contributed by atoms with E-state index in [9.17, 15) is 13.2 Å². The van der Waals surface area contributed by atoms with Gasteiger partial charge < -0.3 is 10.1 Å². The van der Waals surface area contributed by atoms with Gasteiger partial charge >= 0.3 is 6.18 Å². The third kappa shape index (κ3) is 2.83. The molecule has 0 aromatic carbocycles. The summed E-state index contributed by atoms with van der Waals surface area (Å²) in [5.41, 5.74) is 0.0380. The minimum atomic E-state index is -4.04. The lowest BCUT2D eigenvalue weighted by Crippen LogP contribution is -2.70. The number of fused-ring (bicyclic) bond motifs is 1. The van der Waals surface area contributed by atoms with Crippen molar-refractivity contribution in [1.82, 2.24) is 5.32 Å². The Morgan fingerprint density at radius 3 is 2.57 bits per heavy atom. The number of hydrogen-bond donors (Lipinski definition) is 1. The van der Waals surface area contributed by atoms with Gasteiger partial charge in [-0.05, 0) is 32.1 Å². The molecule has 0 aromatic heterocycles. The fourth-order valence-corrected chi connectivity index (χ4v) is 4.75. The topological polar surface area (TPSA) is 21.3 Å². The maximum Gasteiger partial charge on any atom is 0.391 e. The Balaban J connectivity index is 1.61. The molecule has 2 aliphatic carbocycles. The van der Waals surface area contributed by atoms with Crippen molar-refractivity contribution in [2.24, 2.45) is 17.3 Å². The third-order valence-corrected chi connectivity index (χ3v) is 5.88. The average molecular weight is 305 g/mol. The normalized spacial score (nSPS) is 43.0. The van der Waals surface area contributed by atoms with Crippen LogP contribution in [0.25, 0.3) is 0 Å². The molecule has 1 heterocycles. The van der Waals surface area contributed by atoms with Crippen molar-refractivity contribution in [1.29, 1.82) is 0 Å². The molecule has 1 aliphatic heterocycles. The van der Waals surface area contributed by atoms with Crippen LogP contribution in [-0.2, 0) is 4.74 Å². The summed E-state index contributed by atoms with van der Waals surface area (Å²) in [6.45, 7) is 5.19. The number of hydrogen-bond acceptors (Lipinski definition) is 2. The average Bonchev–Trinajstić information content (AvgIpc) is 2.44. The van der Waals surface area contributed by atoms with E-state index < -0.39 is 12.1 Å². The molecule has 5 atom stereocenters. The van der Waals surface area contributed by atoms with E-state index in [1.165, 1.54) is 0 Å². The number of nitrogens with one attached hydrogen (secondary N) is 1. The molecule has 122 valence electrons. The molecular formula is C16H26F3NO. The van der Waals surface area contributed by atoms with E-state index >= 15 is 0 Å². The van der Waals surface area contributed by atoms with E-state index in [4.69, 9.17) is 4.74 Å². The summed E-state index contributed by atoms with van der Waals surface area (Å²) in [6, 6.07) is 0.317. The SMILES string of the molecule is CC1(C)C(NC2CCCC(C(F)(F)F)C2)C2CCCOC21. The van der Waals surface area contributed by atoms with Gasteiger partial charge in [-0.25, -0.2) is 0 Å². The second kappa shape index (κ2) is 5.41. The first kappa shape index (κ1) is 15.6. The Morgan fingerprint density at radius 2 is 1.86 bits per heavy atom. The van der Waals surface area contributed by atoms with Crippen LogP contribution in [0.3, 0.4) is 0 Å². The Hall–Kier alpha value is -0.290. The number of rotatable bonds is 2. The van der Waals surface area contributed by atoms with Gasteiger partial charge in [0.25, 0.3) is 0 Å². The highest BCUT2D eigenvalue weighted by atomic mass is 19.4. The largest absolute Gasteiger partial charge is 0.391 e. The van der Waals surface area contributed by atoms with Crippen LogP contribution in [0, 0.1) is 17.3 Å². The lowest BCUT2D eigenvalue weighted by Gasteiger charge is -2.61. The highest BCUT2D eigenvalue weighted by Gasteiger charge is 2.58. The maximum atomic E-state index is 12.9. The lowest BCUT2D eigenvalue weighted by atomic mass is 9.55. The van der Waals surface area contributed by atoms with Gasteiger partial charge in [0.2, 0.25) is 0 Å². The zero-order valence-corrected chi connectivity index (χ0v) is 12.9. The van der Waals surface area contributed by atoms with Crippen molar-refractivity contribution in [3.8, 4) is 0 Å². The van der Waals surface area contributed by atoms with Gasteiger partial charge in [0.05, 0.1) is 12.0 Å². The minimum absolute atomic E-state index is 0.0116. The molecule has 3 rings (SSSR count). The summed E-state index contributed by atoms with van der Waals surface area (Å²) < 4.78 is 44.6.